The van der Waals surface area contributed by atoms with E-state index in [2.05, 4.69) is 6.92 Å². The molecular weight excluding hydrogens is 306 g/mol. The molecular formula is C23H45NO. The molecule has 0 aromatic heterocycles. The Labute approximate surface area is 158 Å². The molecule has 0 aliphatic heterocycles. The summed E-state index contributed by atoms with van der Waals surface area (Å²) in [5, 5.41) is 0. The fourth-order valence-corrected chi connectivity index (χ4v) is 3.29. The largest absolute Gasteiger partial charge is 0.366 e. The molecule has 2 N–H and O–H groups in total. The van der Waals surface area contributed by atoms with E-state index in [1.54, 1.807) is 6.92 Å². The highest BCUT2D eigenvalue weighted by molar-refractivity contribution is 5.91. The Kier molecular flexibility index (Phi) is 18.9. The molecule has 0 aromatic carbocycles. The molecule has 0 radical (unpaired) electrons. The Hall–Kier alpha value is -0.790. The smallest absolute Gasteiger partial charge is 0.244 e. The first-order chi connectivity index (χ1) is 12.2. The van der Waals surface area contributed by atoms with Crippen LogP contribution < -0.4 is 5.73 Å². The van der Waals surface area contributed by atoms with E-state index in [0.29, 0.717) is 5.57 Å². The van der Waals surface area contributed by atoms with Crippen molar-refractivity contribution in [3.8, 4) is 0 Å². The zero-order valence-electron chi connectivity index (χ0n) is 17.3. The summed E-state index contributed by atoms with van der Waals surface area (Å²) in [5.41, 5.74) is 5.91. The van der Waals surface area contributed by atoms with Crippen molar-refractivity contribution < 1.29 is 4.79 Å². The Balaban J connectivity index is 3.10. The monoisotopic (exact) mass is 351 g/mol. The lowest BCUT2D eigenvalue weighted by atomic mass is 10.0. The third-order valence-corrected chi connectivity index (χ3v) is 5.15. The zero-order valence-corrected chi connectivity index (χ0v) is 17.3. The predicted molar refractivity (Wildman–Crippen MR) is 112 cm³/mol. The van der Waals surface area contributed by atoms with Gasteiger partial charge in [-0.2, -0.15) is 0 Å². The molecule has 0 aliphatic rings. The second-order valence-electron chi connectivity index (χ2n) is 7.70. The minimum Gasteiger partial charge on any atom is -0.366 e. The molecule has 0 aliphatic carbocycles. The highest BCUT2D eigenvalue weighted by atomic mass is 16.1. The summed E-state index contributed by atoms with van der Waals surface area (Å²) in [6, 6.07) is 0. The van der Waals surface area contributed by atoms with Gasteiger partial charge >= 0.3 is 0 Å². The second-order valence-corrected chi connectivity index (χ2v) is 7.70. The number of rotatable bonds is 19. The molecule has 2 nitrogen and oxygen atoms in total. The van der Waals surface area contributed by atoms with Gasteiger partial charge in [-0.05, 0) is 19.8 Å². The number of hydrogen-bond donors (Lipinski definition) is 1. The van der Waals surface area contributed by atoms with Crippen molar-refractivity contribution >= 4 is 5.91 Å². The van der Waals surface area contributed by atoms with Gasteiger partial charge in [-0.1, -0.05) is 116 Å². The van der Waals surface area contributed by atoms with Crippen LogP contribution in [0.1, 0.15) is 129 Å². The van der Waals surface area contributed by atoms with Crippen molar-refractivity contribution in [1.29, 1.82) is 0 Å². The molecule has 0 saturated carbocycles. The Morgan fingerprint density at radius 2 is 0.960 bits per heavy atom. The number of unbranched alkanes of at least 4 members (excludes halogenated alkanes) is 17. The van der Waals surface area contributed by atoms with Crippen molar-refractivity contribution in [2.45, 2.75) is 129 Å². The Bertz CT molecular complexity index is 322. The molecule has 0 aromatic rings. The van der Waals surface area contributed by atoms with E-state index in [1.807, 2.05) is 6.08 Å². The van der Waals surface area contributed by atoms with Crippen LogP contribution in [-0.4, -0.2) is 5.91 Å². The topological polar surface area (TPSA) is 43.1 Å². The van der Waals surface area contributed by atoms with Crippen LogP contribution in [0.2, 0.25) is 0 Å². The lowest BCUT2D eigenvalue weighted by Crippen LogP contribution is -2.11. The summed E-state index contributed by atoms with van der Waals surface area (Å²) in [7, 11) is 0. The molecule has 2 heteroatoms. The van der Waals surface area contributed by atoms with Gasteiger partial charge in [0.2, 0.25) is 5.91 Å². The van der Waals surface area contributed by atoms with E-state index in [-0.39, 0.29) is 5.91 Å². The summed E-state index contributed by atoms with van der Waals surface area (Å²) in [6.07, 6.45) is 26.8. The predicted octanol–water partition coefficient (Wildman–Crippen LogP) is 7.46. The minimum absolute atomic E-state index is 0.285. The zero-order chi connectivity index (χ0) is 18.6. The number of nitrogens with two attached hydrogens (primary N) is 1. The molecule has 0 heterocycles. The third-order valence-electron chi connectivity index (χ3n) is 5.15. The van der Waals surface area contributed by atoms with Crippen molar-refractivity contribution in [2.75, 3.05) is 0 Å². The maximum atomic E-state index is 10.9. The molecule has 25 heavy (non-hydrogen) atoms. The molecule has 148 valence electrons. The van der Waals surface area contributed by atoms with Crippen LogP contribution in [0, 0.1) is 0 Å². The molecule has 0 rings (SSSR count). The van der Waals surface area contributed by atoms with Crippen LogP contribution in [0.4, 0.5) is 0 Å². The van der Waals surface area contributed by atoms with E-state index in [1.165, 1.54) is 109 Å². The molecule has 0 spiro atoms. The van der Waals surface area contributed by atoms with Crippen LogP contribution in [0.3, 0.4) is 0 Å². The van der Waals surface area contributed by atoms with Crippen molar-refractivity contribution in [3.05, 3.63) is 11.6 Å². The number of carbonyl (C=O) groups is 1. The van der Waals surface area contributed by atoms with Crippen LogP contribution in [0.25, 0.3) is 0 Å². The van der Waals surface area contributed by atoms with Gasteiger partial charge in [0.1, 0.15) is 0 Å². The summed E-state index contributed by atoms with van der Waals surface area (Å²) >= 11 is 0. The fourth-order valence-electron chi connectivity index (χ4n) is 3.29. The van der Waals surface area contributed by atoms with E-state index in [9.17, 15) is 4.79 Å². The van der Waals surface area contributed by atoms with Crippen LogP contribution in [-0.2, 0) is 4.79 Å². The first-order valence-electron chi connectivity index (χ1n) is 11.1. The van der Waals surface area contributed by atoms with Gasteiger partial charge in [-0.25, -0.2) is 0 Å². The highest BCUT2D eigenvalue weighted by Crippen LogP contribution is 2.14. The normalized spacial score (nSPS) is 11.8. The van der Waals surface area contributed by atoms with Crippen molar-refractivity contribution in [3.63, 3.8) is 0 Å². The quantitative estimate of drug-likeness (QED) is 0.190. The Morgan fingerprint density at radius 1 is 0.640 bits per heavy atom. The van der Waals surface area contributed by atoms with Gasteiger partial charge < -0.3 is 5.73 Å². The van der Waals surface area contributed by atoms with Gasteiger partial charge in [0.15, 0.2) is 0 Å². The van der Waals surface area contributed by atoms with Gasteiger partial charge in [0.25, 0.3) is 0 Å². The number of hydrogen-bond acceptors (Lipinski definition) is 1. The van der Waals surface area contributed by atoms with E-state index in [0.717, 1.165) is 6.42 Å². The minimum atomic E-state index is -0.285. The van der Waals surface area contributed by atoms with Crippen molar-refractivity contribution in [1.82, 2.24) is 0 Å². The molecule has 1 amide bonds. The number of allylic oxidation sites excluding steroid dienone is 1. The summed E-state index contributed by atoms with van der Waals surface area (Å²) in [6.45, 7) is 4.09. The van der Waals surface area contributed by atoms with E-state index < -0.39 is 0 Å². The lowest BCUT2D eigenvalue weighted by Gasteiger charge is -2.03. The molecule has 0 unspecified atom stereocenters. The number of carbonyl (C=O) groups excluding carboxylic acids is 1. The molecule has 0 bridgehead atoms. The van der Waals surface area contributed by atoms with Crippen LogP contribution in [0.5, 0.6) is 0 Å². The van der Waals surface area contributed by atoms with Crippen LogP contribution >= 0.6 is 0 Å². The van der Waals surface area contributed by atoms with Gasteiger partial charge in [0, 0.05) is 5.57 Å². The third kappa shape index (κ3) is 19.4. The average molecular weight is 352 g/mol. The maximum Gasteiger partial charge on any atom is 0.244 e. The molecule has 0 saturated heterocycles. The maximum absolute atomic E-state index is 10.9. The summed E-state index contributed by atoms with van der Waals surface area (Å²) in [4.78, 5) is 10.9. The van der Waals surface area contributed by atoms with E-state index >= 15 is 0 Å². The number of primary amides is 1. The number of amides is 1. The fraction of sp³-hybridized carbons (Fsp3) is 0.870. The molecule has 0 atom stereocenters. The average Bonchev–Trinajstić information content (AvgIpc) is 2.60. The Morgan fingerprint density at radius 3 is 1.28 bits per heavy atom. The SMILES string of the molecule is CCCCCCCCCCCCCCCCCCCC=C(C)C(N)=O. The summed E-state index contributed by atoms with van der Waals surface area (Å²) < 4.78 is 0. The van der Waals surface area contributed by atoms with Crippen molar-refractivity contribution in [2.24, 2.45) is 5.73 Å². The first-order valence-corrected chi connectivity index (χ1v) is 11.1. The standard InChI is InChI=1S/C23H45NO/c1-3-4-5-6-7-8-9-10-11-12-13-14-15-16-17-18-19-20-21-22(2)23(24)25/h21H,3-20H2,1-2H3,(H2,24,25). The van der Waals surface area contributed by atoms with Gasteiger partial charge in [-0.15, -0.1) is 0 Å². The highest BCUT2D eigenvalue weighted by Gasteiger charge is 1.96. The second kappa shape index (κ2) is 19.5. The van der Waals surface area contributed by atoms with Gasteiger partial charge in [-0.3, -0.25) is 4.79 Å². The molecule has 0 fully saturated rings. The lowest BCUT2D eigenvalue weighted by molar-refractivity contribution is -0.114. The van der Waals surface area contributed by atoms with E-state index in [4.69, 9.17) is 5.73 Å². The summed E-state index contributed by atoms with van der Waals surface area (Å²) in [5.74, 6) is -0.285. The first kappa shape index (κ1) is 24.2. The van der Waals surface area contributed by atoms with Gasteiger partial charge in [0.05, 0.1) is 0 Å². The van der Waals surface area contributed by atoms with Crippen LogP contribution in [0.15, 0.2) is 11.6 Å².